The van der Waals surface area contributed by atoms with Crippen molar-refractivity contribution in [1.29, 1.82) is 0 Å². The number of esters is 1. The number of hydrogen-bond donors (Lipinski definition) is 1. The van der Waals surface area contributed by atoms with Gasteiger partial charge in [0.1, 0.15) is 0 Å². The predicted octanol–water partition coefficient (Wildman–Crippen LogP) is 0.00590. The Balaban J connectivity index is 2.42. The fourth-order valence-corrected chi connectivity index (χ4v) is 2.06. The average Bonchev–Trinajstić information content (AvgIpc) is 2.36. The standard InChI is InChI=1S/C11H20N2O3/c1-8(10(14)12-2)13-6-4-9(5-7-13)11(15)16-3/h8-9H,4-7H2,1-3H3,(H,12,14)/t8-/m0/s1. The van der Waals surface area contributed by atoms with Crippen LogP contribution in [0, 0.1) is 5.92 Å². The maximum Gasteiger partial charge on any atom is 0.308 e. The number of carbonyl (C=O) groups excluding carboxylic acids is 2. The largest absolute Gasteiger partial charge is 0.469 e. The molecule has 1 heterocycles. The predicted molar refractivity (Wildman–Crippen MR) is 59.8 cm³/mol. The van der Waals surface area contributed by atoms with Crippen LogP contribution in [0.3, 0.4) is 0 Å². The topological polar surface area (TPSA) is 58.6 Å². The van der Waals surface area contributed by atoms with Crippen molar-refractivity contribution >= 4 is 11.9 Å². The first-order valence-corrected chi connectivity index (χ1v) is 5.63. The Morgan fingerprint density at radius 2 is 1.94 bits per heavy atom. The second kappa shape index (κ2) is 5.84. The SMILES string of the molecule is CNC(=O)[C@H](C)N1CCC(C(=O)OC)CC1. The second-order valence-corrected chi connectivity index (χ2v) is 4.12. The molecule has 0 aromatic rings. The third-order valence-electron chi connectivity index (χ3n) is 3.24. The summed E-state index contributed by atoms with van der Waals surface area (Å²) in [5.74, 6) is -0.109. The van der Waals surface area contributed by atoms with Gasteiger partial charge in [0.25, 0.3) is 0 Å². The van der Waals surface area contributed by atoms with E-state index in [1.165, 1.54) is 7.11 Å². The summed E-state index contributed by atoms with van der Waals surface area (Å²) in [5, 5.41) is 2.63. The molecule has 0 aromatic heterocycles. The Kier molecular flexibility index (Phi) is 4.73. The number of hydrogen-bond acceptors (Lipinski definition) is 4. The first kappa shape index (κ1) is 13.0. The maximum atomic E-state index is 11.4. The lowest BCUT2D eigenvalue weighted by atomic mass is 9.96. The Morgan fingerprint density at radius 1 is 1.38 bits per heavy atom. The van der Waals surface area contributed by atoms with E-state index in [1.54, 1.807) is 7.05 Å². The van der Waals surface area contributed by atoms with Crippen LogP contribution in [0.5, 0.6) is 0 Å². The molecule has 1 fully saturated rings. The highest BCUT2D eigenvalue weighted by Gasteiger charge is 2.29. The monoisotopic (exact) mass is 228 g/mol. The fourth-order valence-electron chi connectivity index (χ4n) is 2.06. The van der Waals surface area contributed by atoms with Crippen LogP contribution in [0.4, 0.5) is 0 Å². The van der Waals surface area contributed by atoms with Crippen LogP contribution in [-0.4, -0.2) is 50.1 Å². The second-order valence-electron chi connectivity index (χ2n) is 4.12. The minimum atomic E-state index is -0.132. The summed E-state index contributed by atoms with van der Waals surface area (Å²) < 4.78 is 4.72. The van der Waals surface area contributed by atoms with Crippen molar-refractivity contribution in [3.63, 3.8) is 0 Å². The molecule has 0 aromatic carbocycles. The lowest BCUT2D eigenvalue weighted by Gasteiger charge is -2.34. The summed E-state index contributed by atoms with van der Waals surface area (Å²) in [5.41, 5.74) is 0. The number of methoxy groups -OCH3 is 1. The third-order valence-corrected chi connectivity index (χ3v) is 3.24. The van der Waals surface area contributed by atoms with Gasteiger partial charge in [0.2, 0.25) is 5.91 Å². The number of carbonyl (C=O) groups is 2. The summed E-state index contributed by atoms with van der Waals surface area (Å²) in [6, 6.07) is -0.122. The first-order valence-electron chi connectivity index (χ1n) is 5.63. The van der Waals surface area contributed by atoms with Crippen molar-refractivity contribution in [3.8, 4) is 0 Å². The number of amides is 1. The molecule has 1 saturated heterocycles. The van der Waals surface area contributed by atoms with Crippen LogP contribution in [0.25, 0.3) is 0 Å². The number of likely N-dealkylation sites (tertiary alicyclic amines) is 1. The van der Waals surface area contributed by atoms with E-state index >= 15 is 0 Å². The van der Waals surface area contributed by atoms with E-state index in [0.29, 0.717) is 0 Å². The zero-order valence-corrected chi connectivity index (χ0v) is 10.2. The molecule has 1 N–H and O–H groups in total. The van der Waals surface area contributed by atoms with Gasteiger partial charge < -0.3 is 10.1 Å². The lowest BCUT2D eigenvalue weighted by molar-refractivity contribution is -0.147. The molecule has 0 radical (unpaired) electrons. The Bertz CT molecular complexity index is 260. The van der Waals surface area contributed by atoms with E-state index in [-0.39, 0.29) is 23.8 Å². The molecule has 1 atom stereocenters. The molecule has 1 aliphatic rings. The van der Waals surface area contributed by atoms with Crippen molar-refractivity contribution < 1.29 is 14.3 Å². The van der Waals surface area contributed by atoms with Crippen LogP contribution in [0.2, 0.25) is 0 Å². The summed E-state index contributed by atoms with van der Waals surface area (Å²) in [4.78, 5) is 24.8. The number of piperidine rings is 1. The molecule has 5 nitrogen and oxygen atoms in total. The van der Waals surface area contributed by atoms with Crippen molar-refractivity contribution in [2.24, 2.45) is 5.92 Å². The van der Waals surface area contributed by atoms with Crippen LogP contribution in [0.1, 0.15) is 19.8 Å². The van der Waals surface area contributed by atoms with Gasteiger partial charge >= 0.3 is 5.97 Å². The zero-order chi connectivity index (χ0) is 12.1. The van der Waals surface area contributed by atoms with Crippen LogP contribution >= 0.6 is 0 Å². The van der Waals surface area contributed by atoms with Crippen molar-refractivity contribution in [2.45, 2.75) is 25.8 Å². The van der Waals surface area contributed by atoms with Gasteiger partial charge in [-0.2, -0.15) is 0 Å². The van der Waals surface area contributed by atoms with Crippen LogP contribution in [0.15, 0.2) is 0 Å². The Labute approximate surface area is 96.1 Å². The summed E-state index contributed by atoms with van der Waals surface area (Å²) >= 11 is 0. The average molecular weight is 228 g/mol. The third kappa shape index (κ3) is 2.95. The van der Waals surface area contributed by atoms with Gasteiger partial charge in [0, 0.05) is 7.05 Å². The summed E-state index contributed by atoms with van der Waals surface area (Å²) in [6.07, 6.45) is 1.54. The highest BCUT2D eigenvalue weighted by Crippen LogP contribution is 2.19. The first-order chi connectivity index (χ1) is 7.60. The van der Waals surface area contributed by atoms with E-state index in [2.05, 4.69) is 10.2 Å². The van der Waals surface area contributed by atoms with Gasteiger partial charge in [-0.05, 0) is 32.9 Å². The smallest absolute Gasteiger partial charge is 0.308 e. The molecule has 92 valence electrons. The molecule has 1 rings (SSSR count). The molecule has 1 amide bonds. The van der Waals surface area contributed by atoms with Gasteiger partial charge in [-0.25, -0.2) is 0 Å². The fraction of sp³-hybridized carbons (Fsp3) is 0.818. The summed E-state index contributed by atoms with van der Waals surface area (Å²) in [6.45, 7) is 3.43. The molecule has 0 aliphatic carbocycles. The van der Waals surface area contributed by atoms with Crippen molar-refractivity contribution in [2.75, 3.05) is 27.2 Å². The molecule has 0 bridgehead atoms. The van der Waals surface area contributed by atoms with Crippen molar-refractivity contribution in [1.82, 2.24) is 10.2 Å². The minimum absolute atomic E-state index is 0.00172. The van der Waals surface area contributed by atoms with E-state index in [0.717, 1.165) is 25.9 Å². The zero-order valence-electron chi connectivity index (χ0n) is 10.2. The Hall–Kier alpha value is -1.10. The van der Waals surface area contributed by atoms with Crippen LogP contribution < -0.4 is 5.32 Å². The summed E-state index contributed by atoms with van der Waals surface area (Å²) in [7, 11) is 3.06. The molecular formula is C11H20N2O3. The van der Waals surface area contributed by atoms with E-state index < -0.39 is 0 Å². The van der Waals surface area contributed by atoms with Gasteiger partial charge in [-0.1, -0.05) is 0 Å². The minimum Gasteiger partial charge on any atom is -0.469 e. The van der Waals surface area contributed by atoms with E-state index in [4.69, 9.17) is 4.74 Å². The number of nitrogens with zero attached hydrogens (tertiary/aromatic N) is 1. The lowest BCUT2D eigenvalue weighted by Crippen LogP contribution is -2.48. The molecule has 0 unspecified atom stereocenters. The quantitative estimate of drug-likeness (QED) is 0.691. The number of rotatable bonds is 3. The highest BCUT2D eigenvalue weighted by atomic mass is 16.5. The van der Waals surface area contributed by atoms with Gasteiger partial charge in [0.15, 0.2) is 0 Å². The molecule has 0 saturated carbocycles. The molecule has 5 heteroatoms. The molecule has 0 spiro atoms. The Morgan fingerprint density at radius 3 is 2.38 bits per heavy atom. The van der Waals surface area contributed by atoms with E-state index in [1.807, 2.05) is 6.92 Å². The van der Waals surface area contributed by atoms with Gasteiger partial charge in [0.05, 0.1) is 19.1 Å². The maximum absolute atomic E-state index is 11.4. The number of likely N-dealkylation sites (N-methyl/N-ethyl adjacent to an activating group) is 1. The molecule has 16 heavy (non-hydrogen) atoms. The van der Waals surface area contributed by atoms with E-state index in [9.17, 15) is 9.59 Å². The highest BCUT2D eigenvalue weighted by molar-refractivity contribution is 5.81. The number of nitrogens with one attached hydrogen (secondary N) is 1. The molecule has 1 aliphatic heterocycles. The molecular weight excluding hydrogens is 208 g/mol. The van der Waals surface area contributed by atoms with Crippen molar-refractivity contribution in [3.05, 3.63) is 0 Å². The number of ether oxygens (including phenoxy) is 1. The normalized spacial score (nSPS) is 20.2. The van der Waals surface area contributed by atoms with Gasteiger partial charge in [-0.3, -0.25) is 14.5 Å². The van der Waals surface area contributed by atoms with Gasteiger partial charge in [-0.15, -0.1) is 0 Å². The van der Waals surface area contributed by atoms with Crippen LogP contribution in [-0.2, 0) is 14.3 Å².